The minimum Gasteiger partial charge on any atom is -0.366 e. The summed E-state index contributed by atoms with van der Waals surface area (Å²) >= 11 is 0. The first-order chi connectivity index (χ1) is 10.9. The zero-order valence-electron chi connectivity index (χ0n) is 12.9. The summed E-state index contributed by atoms with van der Waals surface area (Å²) in [5.74, 6) is -1.09. The predicted molar refractivity (Wildman–Crippen MR) is 84.6 cm³/mol. The molecule has 5 nitrogen and oxygen atoms in total. The van der Waals surface area contributed by atoms with Gasteiger partial charge in [-0.2, -0.15) is 0 Å². The van der Waals surface area contributed by atoms with E-state index in [1.54, 1.807) is 20.0 Å². The van der Waals surface area contributed by atoms with Gasteiger partial charge in [0.15, 0.2) is 0 Å². The van der Waals surface area contributed by atoms with Crippen LogP contribution in [0.2, 0.25) is 0 Å². The Morgan fingerprint density at radius 2 is 2.00 bits per heavy atom. The number of carbonyl (C=O) groups is 2. The predicted octanol–water partition coefficient (Wildman–Crippen LogP) is 2.20. The Labute approximate surface area is 132 Å². The van der Waals surface area contributed by atoms with Crippen molar-refractivity contribution in [2.45, 2.75) is 19.8 Å². The molecule has 0 fully saturated rings. The molecule has 2 aromatic rings. The number of hydrogen-bond acceptors (Lipinski definition) is 3. The quantitative estimate of drug-likeness (QED) is 0.923. The van der Waals surface area contributed by atoms with E-state index in [4.69, 9.17) is 5.73 Å². The third-order valence-corrected chi connectivity index (χ3v) is 4.28. The highest BCUT2D eigenvalue weighted by molar-refractivity contribution is 5.97. The lowest BCUT2D eigenvalue weighted by Gasteiger charge is -2.26. The molecule has 1 aromatic carbocycles. The maximum absolute atomic E-state index is 14.6. The number of halogens is 1. The average molecular weight is 313 g/mol. The van der Waals surface area contributed by atoms with Crippen LogP contribution in [-0.2, 0) is 11.2 Å². The number of aromatic nitrogens is 1. The Kier molecular flexibility index (Phi) is 3.60. The average Bonchev–Trinajstić information content (AvgIpc) is 2.51. The number of hydrogen-bond donors (Lipinski definition) is 1. The molecule has 0 bridgehead atoms. The van der Waals surface area contributed by atoms with Crippen molar-refractivity contribution in [1.29, 1.82) is 0 Å². The largest absolute Gasteiger partial charge is 0.366 e. The molecule has 1 aliphatic heterocycles. The number of benzene rings is 1. The Bertz CT molecular complexity index is 833. The molecule has 23 heavy (non-hydrogen) atoms. The second kappa shape index (κ2) is 5.46. The van der Waals surface area contributed by atoms with Crippen molar-refractivity contribution in [3.63, 3.8) is 0 Å². The van der Waals surface area contributed by atoms with Crippen LogP contribution in [0.15, 0.2) is 24.5 Å². The summed E-state index contributed by atoms with van der Waals surface area (Å²) in [4.78, 5) is 28.6. The van der Waals surface area contributed by atoms with Crippen molar-refractivity contribution in [3.05, 3.63) is 47.0 Å². The van der Waals surface area contributed by atoms with Crippen LogP contribution in [0.3, 0.4) is 0 Å². The van der Waals surface area contributed by atoms with Crippen molar-refractivity contribution < 1.29 is 14.0 Å². The fourth-order valence-electron chi connectivity index (χ4n) is 2.92. The first-order valence-electron chi connectivity index (χ1n) is 7.24. The summed E-state index contributed by atoms with van der Waals surface area (Å²) in [7, 11) is 1.64. The molecule has 0 unspecified atom stereocenters. The van der Waals surface area contributed by atoms with Gasteiger partial charge in [0.2, 0.25) is 5.91 Å². The number of primary amides is 1. The van der Waals surface area contributed by atoms with E-state index in [0.29, 0.717) is 35.2 Å². The SMILES string of the molecule is Cc1c(C(N)=O)cncc1-c1cc2c(cc1F)N(C)C(=O)CC2. The third-order valence-electron chi connectivity index (χ3n) is 4.28. The van der Waals surface area contributed by atoms with E-state index < -0.39 is 11.7 Å². The fourth-order valence-corrected chi connectivity index (χ4v) is 2.92. The Morgan fingerprint density at radius 3 is 2.70 bits per heavy atom. The molecule has 1 aliphatic rings. The molecule has 0 radical (unpaired) electrons. The number of fused-ring (bicyclic) bond motifs is 1. The first-order valence-corrected chi connectivity index (χ1v) is 7.24. The molecule has 0 saturated heterocycles. The van der Waals surface area contributed by atoms with E-state index in [1.165, 1.54) is 23.4 Å². The highest BCUT2D eigenvalue weighted by Gasteiger charge is 2.24. The number of amides is 2. The Balaban J connectivity index is 2.18. The summed E-state index contributed by atoms with van der Waals surface area (Å²) in [6.45, 7) is 1.71. The van der Waals surface area contributed by atoms with Gasteiger partial charge < -0.3 is 10.6 Å². The lowest BCUT2D eigenvalue weighted by Crippen LogP contribution is -2.31. The number of pyridine rings is 1. The second-order valence-corrected chi connectivity index (χ2v) is 5.64. The van der Waals surface area contributed by atoms with Crippen LogP contribution in [0.4, 0.5) is 10.1 Å². The van der Waals surface area contributed by atoms with Gasteiger partial charge in [-0.05, 0) is 36.6 Å². The van der Waals surface area contributed by atoms with Gasteiger partial charge in [-0.3, -0.25) is 14.6 Å². The summed E-state index contributed by atoms with van der Waals surface area (Å²) in [5, 5.41) is 0. The van der Waals surface area contributed by atoms with E-state index in [9.17, 15) is 14.0 Å². The van der Waals surface area contributed by atoms with Crippen LogP contribution in [0, 0.1) is 12.7 Å². The smallest absolute Gasteiger partial charge is 0.250 e. The molecular formula is C17H16FN3O2. The van der Waals surface area contributed by atoms with Crippen LogP contribution in [-0.4, -0.2) is 23.8 Å². The molecule has 0 atom stereocenters. The van der Waals surface area contributed by atoms with E-state index in [1.807, 2.05) is 0 Å². The molecule has 0 spiro atoms. The van der Waals surface area contributed by atoms with E-state index in [2.05, 4.69) is 4.98 Å². The molecule has 3 rings (SSSR count). The summed E-state index contributed by atoms with van der Waals surface area (Å²) in [6.07, 6.45) is 3.86. The molecule has 0 aliphatic carbocycles. The molecular weight excluding hydrogens is 297 g/mol. The highest BCUT2D eigenvalue weighted by Crippen LogP contribution is 2.35. The van der Waals surface area contributed by atoms with Crippen LogP contribution < -0.4 is 10.6 Å². The zero-order valence-corrected chi connectivity index (χ0v) is 12.9. The molecule has 2 amide bonds. The van der Waals surface area contributed by atoms with E-state index in [-0.39, 0.29) is 11.5 Å². The van der Waals surface area contributed by atoms with Gasteiger partial charge in [0.25, 0.3) is 5.91 Å². The van der Waals surface area contributed by atoms with Crippen molar-refractivity contribution >= 4 is 17.5 Å². The number of carbonyl (C=O) groups excluding carboxylic acids is 2. The van der Waals surface area contributed by atoms with Crippen molar-refractivity contribution in [2.24, 2.45) is 5.73 Å². The molecule has 2 heterocycles. The summed E-state index contributed by atoms with van der Waals surface area (Å²) in [5.41, 5.74) is 8.55. The van der Waals surface area contributed by atoms with Crippen LogP contribution in [0.25, 0.3) is 11.1 Å². The van der Waals surface area contributed by atoms with Crippen LogP contribution >= 0.6 is 0 Å². The standard InChI is InChI=1S/C17H16FN3O2/c1-9-12(7-20-8-13(9)17(19)23)11-5-10-3-4-16(22)21(2)15(10)6-14(11)18/h5-8H,3-4H2,1-2H3,(H2,19,23). The van der Waals surface area contributed by atoms with Gasteiger partial charge in [0.1, 0.15) is 5.82 Å². The maximum atomic E-state index is 14.6. The van der Waals surface area contributed by atoms with Crippen LogP contribution in [0.5, 0.6) is 0 Å². The zero-order chi connectivity index (χ0) is 16.7. The number of rotatable bonds is 2. The van der Waals surface area contributed by atoms with Crippen molar-refractivity contribution in [2.75, 3.05) is 11.9 Å². The minimum absolute atomic E-state index is 0.0294. The monoisotopic (exact) mass is 313 g/mol. The van der Waals surface area contributed by atoms with E-state index in [0.717, 1.165) is 5.56 Å². The molecule has 118 valence electrons. The lowest BCUT2D eigenvalue weighted by molar-refractivity contribution is -0.118. The second-order valence-electron chi connectivity index (χ2n) is 5.64. The van der Waals surface area contributed by atoms with Crippen molar-refractivity contribution in [3.8, 4) is 11.1 Å². The normalized spacial score (nSPS) is 13.9. The van der Waals surface area contributed by atoms with Gasteiger partial charge in [-0.1, -0.05) is 0 Å². The van der Waals surface area contributed by atoms with E-state index >= 15 is 0 Å². The lowest BCUT2D eigenvalue weighted by atomic mass is 9.93. The minimum atomic E-state index is -0.597. The highest BCUT2D eigenvalue weighted by atomic mass is 19.1. The number of nitrogens with two attached hydrogens (primary N) is 1. The molecule has 1 aromatic heterocycles. The third kappa shape index (κ3) is 2.46. The Morgan fingerprint density at radius 1 is 1.26 bits per heavy atom. The number of nitrogens with zero attached hydrogens (tertiary/aromatic N) is 2. The van der Waals surface area contributed by atoms with Crippen molar-refractivity contribution in [1.82, 2.24) is 4.98 Å². The molecule has 6 heteroatoms. The Hall–Kier alpha value is -2.76. The van der Waals surface area contributed by atoms with Crippen LogP contribution in [0.1, 0.15) is 27.9 Å². The fraction of sp³-hybridized carbons (Fsp3) is 0.235. The summed E-state index contributed by atoms with van der Waals surface area (Å²) < 4.78 is 14.6. The van der Waals surface area contributed by atoms with Gasteiger partial charge in [-0.25, -0.2) is 4.39 Å². The topological polar surface area (TPSA) is 76.3 Å². The number of aryl methyl sites for hydroxylation is 1. The van der Waals surface area contributed by atoms with Gasteiger partial charge in [-0.15, -0.1) is 0 Å². The maximum Gasteiger partial charge on any atom is 0.250 e. The number of anilines is 1. The first kappa shape index (κ1) is 15.1. The molecule has 2 N–H and O–H groups in total. The summed E-state index contributed by atoms with van der Waals surface area (Å²) in [6, 6.07) is 3.08. The van der Waals surface area contributed by atoms with Gasteiger partial charge in [0, 0.05) is 42.7 Å². The van der Waals surface area contributed by atoms with Gasteiger partial charge >= 0.3 is 0 Å². The molecule has 0 saturated carbocycles. The van der Waals surface area contributed by atoms with Gasteiger partial charge in [0.05, 0.1) is 5.56 Å².